The van der Waals surface area contributed by atoms with Gasteiger partial charge in [-0.1, -0.05) is 41.0 Å². The molecule has 0 aliphatic heterocycles. The van der Waals surface area contributed by atoms with Crippen LogP contribution in [0.4, 0.5) is 0 Å². The molecule has 1 saturated carbocycles. The second-order valence-electron chi connectivity index (χ2n) is 7.36. The van der Waals surface area contributed by atoms with Gasteiger partial charge in [0.05, 0.1) is 6.10 Å². The fourth-order valence-electron chi connectivity index (χ4n) is 3.59. The summed E-state index contributed by atoms with van der Waals surface area (Å²) in [6, 6.07) is 0.477. The van der Waals surface area contributed by atoms with Crippen molar-refractivity contribution in [2.45, 2.75) is 66.0 Å². The summed E-state index contributed by atoms with van der Waals surface area (Å²) >= 11 is 0. The van der Waals surface area contributed by atoms with Crippen LogP contribution in [0.3, 0.4) is 0 Å². The van der Waals surface area contributed by atoms with Gasteiger partial charge in [-0.3, -0.25) is 0 Å². The number of hydrogen-bond donors (Lipinski definition) is 1. The van der Waals surface area contributed by atoms with Crippen molar-refractivity contribution in [2.24, 2.45) is 23.2 Å². The van der Waals surface area contributed by atoms with Gasteiger partial charge in [-0.15, -0.1) is 0 Å². The van der Waals surface area contributed by atoms with Crippen molar-refractivity contribution >= 4 is 0 Å². The molecule has 2 nitrogen and oxygen atoms in total. The van der Waals surface area contributed by atoms with Gasteiger partial charge in [0.15, 0.2) is 0 Å². The molecule has 0 bridgehead atoms. The lowest BCUT2D eigenvalue weighted by atomic mass is 9.69. The first-order chi connectivity index (χ1) is 8.31. The molecule has 0 heterocycles. The Labute approximate surface area is 114 Å². The SMILES string of the molecule is CNC(C1CCC(C)C(C)C1)C(OC)C(C)(C)C. The molecule has 1 fully saturated rings. The van der Waals surface area contributed by atoms with Gasteiger partial charge >= 0.3 is 0 Å². The Bertz CT molecular complexity index is 246. The minimum atomic E-state index is 0.189. The third-order valence-corrected chi connectivity index (χ3v) is 4.91. The number of likely N-dealkylation sites (N-methyl/N-ethyl adjacent to an activating group) is 1. The highest BCUT2D eigenvalue weighted by molar-refractivity contribution is 4.92. The molecule has 1 aliphatic carbocycles. The van der Waals surface area contributed by atoms with Crippen molar-refractivity contribution < 1.29 is 4.74 Å². The molecule has 0 radical (unpaired) electrons. The fourth-order valence-corrected chi connectivity index (χ4v) is 3.59. The van der Waals surface area contributed by atoms with Crippen LogP contribution in [0.15, 0.2) is 0 Å². The Hall–Kier alpha value is -0.0800. The van der Waals surface area contributed by atoms with Crippen LogP contribution in [0, 0.1) is 23.2 Å². The van der Waals surface area contributed by atoms with E-state index in [9.17, 15) is 0 Å². The van der Waals surface area contributed by atoms with E-state index in [2.05, 4.69) is 47.0 Å². The van der Waals surface area contributed by atoms with Crippen LogP contribution < -0.4 is 5.32 Å². The minimum Gasteiger partial charge on any atom is -0.379 e. The van der Waals surface area contributed by atoms with Crippen molar-refractivity contribution in [2.75, 3.05) is 14.2 Å². The number of methoxy groups -OCH3 is 1. The summed E-state index contributed by atoms with van der Waals surface area (Å²) in [7, 11) is 3.94. The van der Waals surface area contributed by atoms with E-state index in [-0.39, 0.29) is 11.5 Å². The van der Waals surface area contributed by atoms with E-state index in [1.54, 1.807) is 0 Å². The number of hydrogen-bond acceptors (Lipinski definition) is 2. The van der Waals surface area contributed by atoms with Crippen LogP contribution in [0.5, 0.6) is 0 Å². The monoisotopic (exact) mass is 255 g/mol. The maximum Gasteiger partial charge on any atom is 0.0774 e. The summed E-state index contributed by atoms with van der Waals surface area (Å²) in [4.78, 5) is 0. The molecule has 0 aromatic carbocycles. The molecule has 1 aliphatic rings. The molecule has 1 rings (SSSR count). The second kappa shape index (κ2) is 6.38. The van der Waals surface area contributed by atoms with Crippen LogP contribution in [0.2, 0.25) is 0 Å². The topological polar surface area (TPSA) is 21.3 Å². The standard InChI is InChI=1S/C16H33NO/c1-11-8-9-13(10-12(11)2)14(17-6)15(18-7)16(3,4)5/h11-15,17H,8-10H2,1-7H3. The zero-order valence-electron chi connectivity index (χ0n) is 13.4. The quantitative estimate of drug-likeness (QED) is 0.827. The van der Waals surface area contributed by atoms with Gasteiger partial charge < -0.3 is 10.1 Å². The van der Waals surface area contributed by atoms with Crippen molar-refractivity contribution in [1.29, 1.82) is 0 Å². The first-order valence-electron chi connectivity index (χ1n) is 7.51. The number of rotatable bonds is 4. The lowest BCUT2D eigenvalue weighted by Gasteiger charge is -2.43. The van der Waals surface area contributed by atoms with Gasteiger partial charge in [-0.2, -0.15) is 0 Å². The lowest BCUT2D eigenvalue weighted by molar-refractivity contribution is -0.0340. The van der Waals surface area contributed by atoms with Crippen LogP contribution in [-0.4, -0.2) is 26.3 Å². The molecule has 0 amide bonds. The predicted octanol–water partition coefficient (Wildman–Crippen LogP) is 3.71. The fraction of sp³-hybridized carbons (Fsp3) is 1.00. The Morgan fingerprint density at radius 3 is 2.11 bits per heavy atom. The van der Waals surface area contributed by atoms with Gasteiger partial charge in [-0.05, 0) is 43.1 Å². The normalized spacial score (nSPS) is 33.2. The first-order valence-corrected chi connectivity index (χ1v) is 7.51. The predicted molar refractivity (Wildman–Crippen MR) is 78.8 cm³/mol. The van der Waals surface area contributed by atoms with E-state index >= 15 is 0 Å². The van der Waals surface area contributed by atoms with Crippen LogP contribution >= 0.6 is 0 Å². The highest BCUT2D eigenvalue weighted by Gasteiger charge is 2.38. The molecule has 0 aromatic heterocycles. The van der Waals surface area contributed by atoms with Crippen LogP contribution in [0.25, 0.3) is 0 Å². The van der Waals surface area contributed by atoms with Gasteiger partial charge in [0.2, 0.25) is 0 Å². The van der Waals surface area contributed by atoms with Gasteiger partial charge in [-0.25, -0.2) is 0 Å². The summed E-state index contributed by atoms with van der Waals surface area (Å²) in [6.07, 6.45) is 4.33. The second-order valence-corrected chi connectivity index (χ2v) is 7.36. The van der Waals surface area contributed by atoms with E-state index in [4.69, 9.17) is 4.74 Å². The van der Waals surface area contributed by atoms with E-state index < -0.39 is 0 Å². The summed E-state index contributed by atoms with van der Waals surface area (Å²) in [5.41, 5.74) is 0.189. The third-order valence-electron chi connectivity index (χ3n) is 4.91. The Morgan fingerprint density at radius 1 is 1.11 bits per heavy atom. The first kappa shape index (κ1) is 16.0. The molecule has 1 N–H and O–H groups in total. The highest BCUT2D eigenvalue weighted by atomic mass is 16.5. The molecule has 2 heteroatoms. The molecule has 0 aromatic rings. The molecule has 18 heavy (non-hydrogen) atoms. The average molecular weight is 255 g/mol. The molecule has 5 atom stereocenters. The average Bonchev–Trinajstić information content (AvgIpc) is 2.28. The van der Waals surface area contributed by atoms with E-state index in [1.807, 2.05) is 7.11 Å². The zero-order valence-corrected chi connectivity index (χ0v) is 13.4. The van der Waals surface area contributed by atoms with E-state index in [0.717, 1.165) is 17.8 Å². The summed E-state index contributed by atoms with van der Waals surface area (Å²) in [5, 5.41) is 3.54. The van der Waals surface area contributed by atoms with Crippen molar-refractivity contribution in [3.63, 3.8) is 0 Å². The van der Waals surface area contributed by atoms with Gasteiger partial charge in [0.25, 0.3) is 0 Å². The smallest absolute Gasteiger partial charge is 0.0774 e. The molecular formula is C16H33NO. The summed E-state index contributed by atoms with van der Waals surface area (Å²) < 4.78 is 5.82. The van der Waals surface area contributed by atoms with Gasteiger partial charge in [0.1, 0.15) is 0 Å². The lowest BCUT2D eigenvalue weighted by Crippen LogP contribution is -2.51. The molecule has 0 saturated heterocycles. The third kappa shape index (κ3) is 3.71. The van der Waals surface area contributed by atoms with E-state index in [0.29, 0.717) is 6.04 Å². The van der Waals surface area contributed by atoms with Crippen LogP contribution in [-0.2, 0) is 4.74 Å². The van der Waals surface area contributed by atoms with Gasteiger partial charge in [0, 0.05) is 13.2 Å². The molecule has 5 unspecified atom stereocenters. The summed E-state index contributed by atoms with van der Waals surface area (Å²) in [5.74, 6) is 2.48. The molecule has 108 valence electrons. The Kier molecular flexibility index (Phi) is 5.67. The van der Waals surface area contributed by atoms with E-state index in [1.165, 1.54) is 19.3 Å². The zero-order chi connectivity index (χ0) is 13.9. The number of nitrogens with one attached hydrogen (secondary N) is 1. The minimum absolute atomic E-state index is 0.189. The molecule has 0 spiro atoms. The maximum absolute atomic E-state index is 5.82. The van der Waals surface area contributed by atoms with Crippen LogP contribution in [0.1, 0.15) is 53.9 Å². The molecular weight excluding hydrogens is 222 g/mol. The van der Waals surface area contributed by atoms with Crippen molar-refractivity contribution in [3.05, 3.63) is 0 Å². The maximum atomic E-state index is 5.82. The largest absolute Gasteiger partial charge is 0.379 e. The summed E-state index contributed by atoms with van der Waals surface area (Å²) in [6.45, 7) is 11.6. The van der Waals surface area contributed by atoms with Crippen molar-refractivity contribution in [3.8, 4) is 0 Å². The Balaban J connectivity index is 2.76. The highest BCUT2D eigenvalue weighted by Crippen LogP contribution is 2.38. The van der Waals surface area contributed by atoms with Crippen molar-refractivity contribution in [1.82, 2.24) is 5.32 Å². The Morgan fingerprint density at radius 2 is 1.72 bits per heavy atom. The number of ether oxygens (including phenoxy) is 1.